The molecule has 1 saturated heterocycles. The number of likely N-dealkylation sites (N-methyl/N-ethyl adjacent to an activating group) is 1. The SMILES string of the molecule is CCN1CCN(c2ccc(CNCCc3ccccc3)cc2)CC1. The second-order valence-corrected chi connectivity index (χ2v) is 6.50. The summed E-state index contributed by atoms with van der Waals surface area (Å²) in [5.41, 5.74) is 4.12. The van der Waals surface area contributed by atoms with Crippen molar-refractivity contribution >= 4 is 5.69 Å². The van der Waals surface area contributed by atoms with Gasteiger partial charge >= 0.3 is 0 Å². The summed E-state index contributed by atoms with van der Waals surface area (Å²) in [7, 11) is 0. The van der Waals surface area contributed by atoms with E-state index in [2.05, 4.69) is 76.6 Å². The van der Waals surface area contributed by atoms with E-state index >= 15 is 0 Å². The van der Waals surface area contributed by atoms with Gasteiger partial charge in [-0.3, -0.25) is 0 Å². The first kappa shape index (κ1) is 17.0. The molecule has 3 nitrogen and oxygen atoms in total. The van der Waals surface area contributed by atoms with Crippen molar-refractivity contribution in [3.63, 3.8) is 0 Å². The summed E-state index contributed by atoms with van der Waals surface area (Å²) in [5, 5.41) is 3.54. The van der Waals surface area contributed by atoms with Crippen molar-refractivity contribution < 1.29 is 0 Å². The molecule has 24 heavy (non-hydrogen) atoms. The smallest absolute Gasteiger partial charge is 0.0367 e. The van der Waals surface area contributed by atoms with Crippen LogP contribution in [0.15, 0.2) is 54.6 Å². The third-order valence-corrected chi connectivity index (χ3v) is 4.88. The molecule has 0 aromatic heterocycles. The fraction of sp³-hybridized carbons (Fsp3) is 0.429. The van der Waals surface area contributed by atoms with E-state index in [1.807, 2.05) is 0 Å². The summed E-state index contributed by atoms with van der Waals surface area (Å²) in [4.78, 5) is 5.01. The van der Waals surface area contributed by atoms with E-state index in [9.17, 15) is 0 Å². The molecule has 0 bridgehead atoms. The number of hydrogen-bond acceptors (Lipinski definition) is 3. The molecule has 2 aromatic carbocycles. The first-order valence-electron chi connectivity index (χ1n) is 9.16. The van der Waals surface area contributed by atoms with Crippen LogP contribution < -0.4 is 10.2 Å². The lowest BCUT2D eigenvalue weighted by Crippen LogP contribution is -2.46. The Labute approximate surface area is 146 Å². The molecular formula is C21H29N3. The highest BCUT2D eigenvalue weighted by Gasteiger charge is 2.15. The van der Waals surface area contributed by atoms with Crippen LogP contribution in [0, 0.1) is 0 Å². The maximum Gasteiger partial charge on any atom is 0.0367 e. The molecule has 1 aliphatic rings. The largest absolute Gasteiger partial charge is 0.369 e. The average molecular weight is 323 g/mol. The predicted octanol–water partition coefficient (Wildman–Crippen LogP) is 3.16. The lowest BCUT2D eigenvalue weighted by molar-refractivity contribution is 0.271. The van der Waals surface area contributed by atoms with E-state index in [0.717, 1.165) is 32.6 Å². The van der Waals surface area contributed by atoms with E-state index in [0.29, 0.717) is 0 Å². The minimum Gasteiger partial charge on any atom is -0.369 e. The number of nitrogens with one attached hydrogen (secondary N) is 1. The fourth-order valence-corrected chi connectivity index (χ4v) is 3.26. The number of piperazine rings is 1. The molecule has 0 aliphatic carbocycles. The van der Waals surface area contributed by atoms with E-state index in [-0.39, 0.29) is 0 Å². The van der Waals surface area contributed by atoms with Crippen LogP contribution in [-0.2, 0) is 13.0 Å². The highest BCUT2D eigenvalue weighted by Crippen LogP contribution is 2.17. The molecule has 3 heteroatoms. The second kappa shape index (κ2) is 8.86. The number of nitrogens with zero attached hydrogens (tertiary/aromatic N) is 2. The monoisotopic (exact) mass is 323 g/mol. The average Bonchev–Trinajstić information content (AvgIpc) is 2.67. The molecule has 0 amide bonds. The zero-order valence-electron chi connectivity index (χ0n) is 14.7. The zero-order chi connectivity index (χ0) is 16.6. The molecule has 0 spiro atoms. The van der Waals surface area contributed by atoms with Crippen molar-refractivity contribution in [2.45, 2.75) is 19.9 Å². The van der Waals surface area contributed by atoms with Crippen LogP contribution in [0.3, 0.4) is 0 Å². The van der Waals surface area contributed by atoms with E-state index in [1.54, 1.807) is 0 Å². The van der Waals surface area contributed by atoms with E-state index in [4.69, 9.17) is 0 Å². The molecule has 0 atom stereocenters. The Kier molecular flexibility index (Phi) is 6.27. The van der Waals surface area contributed by atoms with Gasteiger partial charge < -0.3 is 15.1 Å². The van der Waals surface area contributed by atoms with Gasteiger partial charge in [-0.15, -0.1) is 0 Å². The lowest BCUT2D eigenvalue weighted by Gasteiger charge is -2.35. The molecule has 0 saturated carbocycles. The second-order valence-electron chi connectivity index (χ2n) is 6.50. The van der Waals surface area contributed by atoms with Gasteiger partial charge in [0, 0.05) is 38.4 Å². The van der Waals surface area contributed by atoms with Gasteiger partial charge in [-0.25, -0.2) is 0 Å². The Morgan fingerprint density at radius 2 is 1.54 bits per heavy atom. The number of anilines is 1. The van der Waals surface area contributed by atoms with Crippen LogP contribution in [0.5, 0.6) is 0 Å². The maximum atomic E-state index is 3.54. The molecule has 3 rings (SSSR count). The Morgan fingerprint density at radius 1 is 0.833 bits per heavy atom. The molecule has 1 aliphatic heterocycles. The lowest BCUT2D eigenvalue weighted by atomic mass is 10.1. The van der Waals surface area contributed by atoms with E-state index in [1.165, 1.54) is 36.4 Å². The van der Waals surface area contributed by atoms with Gasteiger partial charge in [-0.1, -0.05) is 49.4 Å². The summed E-state index contributed by atoms with van der Waals surface area (Å²) >= 11 is 0. The molecule has 0 unspecified atom stereocenters. The van der Waals surface area contributed by atoms with Gasteiger partial charge in [-0.2, -0.15) is 0 Å². The van der Waals surface area contributed by atoms with Crippen LogP contribution in [-0.4, -0.2) is 44.2 Å². The standard InChI is InChI=1S/C21H29N3/c1-2-23-14-16-24(17-15-23)21-10-8-20(9-11-21)18-22-13-12-19-6-4-3-5-7-19/h3-11,22H,2,12-18H2,1H3. The summed E-state index contributed by atoms with van der Waals surface area (Å²) < 4.78 is 0. The molecule has 2 aromatic rings. The number of hydrogen-bond donors (Lipinski definition) is 1. The van der Waals surface area contributed by atoms with Gasteiger partial charge in [0.25, 0.3) is 0 Å². The van der Waals surface area contributed by atoms with Gasteiger partial charge in [0.2, 0.25) is 0 Å². The highest BCUT2D eigenvalue weighted by molar-refractivity contribution is 5.48. The van der Waals surface area contributed by atoms with Crippen molar-refractivity contribution in [2.24, 2.45) is 0 Å². The van der Waals surface area contributed by atoms with Gasteiger partial charge in [0.15, 0.2) is 0 Å². The first-order valence-corrected chi connectivity index (χ1v) is 9.16. The van der Waals surface area contributed by atoms with Crippen LogP contribution in [0.25, 0.3) is 0 Å². The van der Waals surface area contributed by atoms with Crippen LogP contribution in [0.1, 0.15) is 18.1 Å². The molecule has 1 N–H and O–H groups in total. The Morgan fingerprint density at radius 3 is 2.21 bits per heavy atom. The maximum absolute atomic E-state index is 3.54. The minimum atomic E-state index is 0.941. The quantitative estimate of drug-likeness (QED) is 0.790. The third-order valence-electron chi connectivity index (χ3n) is 4.88. The van der Waals surface area contributed by atoms with Gasteiger partial charge in [0.1, 0.15) is 0 Å². The predicted molar refractivity (Wildman–Crippen MR) is 103 cm³/mol. The topological polar surface area (TPSA) is 18.5 Å². The van der Waals surface area contributed by atoms with Crippen LogP contribution >= 0.6 is 0 Å². The van der Waals surface area contributed by atoms with Crippen LogP contribution in [0.2, 0.25) is 0 Å². The summed E-state index contributed by atoms with van der Waals surface area (Å²) in [6.45, 7) is 10.0. The first-order chi connectivity index (χ1) is 11.8. The molecule has 128 valence electrons. The Balaban J connectivity index is 1.41. The fourth-order valence-electron chi connectivity index (χ4n) is 3.26. The molecular weight excluding hydrogens is 294 g/mol. The Hall–Kier alpha value is -1.84. The minimum absolute atomic E-state index is 0.941. The zero-order valence-corrected chi connectivity index (χ0v) is 14.7. The molecule has 1 heterocycles. The van der Waals surface area contributed by atoms with Crippen molar-refractivity contribution in [3.05, 3.63) is 65.7 Å². The van der Waals surface area contributed by atoms with Crippen molar-refractivity contribution in [1.82, 2.24) is 10.2 Å². The normalized spacial score (nSPS) is 15.6. The summed E-state index contributed by atoms with van der Waals surface area (Å²) in [5.74, 6) is 0. The number of rotatable bonds is 7. The van der Waals surface area contributed by atoms with Gasteiger partial charge in [-0.05, 0) is 42.8 Å². The van der Waals surface area contributed by atoms with E-state index < -0.39 is 0 Å². The summed E-state index contributed by atoms with van der Waals surface area (Å²) in [6, 6.07) is 19.7. The van der Waals surface area contributed by atoms with Crippen molar-refractivity contribution in [1.29, 1.82) is 0 Å². The van der Waals surface area contributed by atoms with Crippen LogP contribution in [0.4, 0.5) is 5.69 Å². The number of benzene rings is 2. The summed E-state index contributed by atoms with van der Waals surface area (Å²) in [6.07, 6.45) is 1.08. The van der Waals surface area contributed by atoms with Crippen molar-refractivity contribution in [3.8, 4) is 0 Å². The van der Waals surface area contributed by atoms with Crippen molar-refractivity contribution in [2.75, 3.05) is 44.2 Å². The third kappa shape index (κ3) is 4.83. The van der Waals surface area contributed by atoms with Gasteiger partial charge in [0.05, 0.1) is 0 Å². The molecule has 0 radical (unpaired) electrons. The highest BCUT2D eigenvalue weighted by atomic mass is 15.3. The Bertz CT molecular complexity index is 586. The molecule has 1 fully saturated rings.